The van der Waals surface area contributed by atoms with Crippen LogP contribution in [-0.2, 0) is 19.3 Å². The average Bonchev–Trinajstić information content (AvgIpc) is 3.09. The Morgan fingerprint density at radius 2 is 1.78 bits per heavy atom. The van der Waals surface area contributed by atoms with Gasteiger partial charge in [0.1, 0.15) is 0 Å². The molecule has 2 aliphatic carbocycles. The number of aryl methyl sites for hydroxylation is 3. The lowest BCUT2D eigenvalue weighted by Gasteiger charge is -2.19. The largest absolute Gasteiger partial charge is 0.0952 e. The second-order valence-corrected chi connectivity index (χ2v) is 6.61. The Morgan fingerprint density at radius 1 is 0.957 bits per heavy atom. The molecular weight excluding hydrogens is 276 g/mol. The number of hydrogen-bond acceptors (Lipinski definition) is 0. The van der Waals surface area contributed by atoms with Crippen LogP contribution in [0.5, 0.6) is 0 Å². The van der Waals surface area contributed by atoms with Crippen molar-refractivity contribution in [2.75, 3.05) is 0 Å². The Labute approximate surface area is 138 Å². The van der Waals surface area contributed by atoms with E-state index in [1.165, 1.54) is 40.7 Å². The highest BCUT2D eigenvalue weighted by Crippen LogP contribution is 2.27. The molecule has 2 aromatic carbocycles. The maximum absolute atomic E-state index is 4.29. The van der Waals surface area contributed by atoms with E-state index in [-0.39, 0.29) is 0 Å². The lowest BCUT2D eigenvalue weighted by atomic mass is 9.86. The molecule has 2 aliphatic rings. The van der Waals surface area contributed by atoms with E-state index >= 15 is 0 Å². The molecule has 2 aromatic rings. The van der Waals surface area contributed by atoms with E-state index in [0.717, 1.165) is 19.3 Å². The summed E-state index contributed by atoms with van der Waals surface area (Å²) >= 11 is 0. The summed E-state index contributed by atoms with van der Waals surface area (Å²) in [6, 6.07) is 15.9. The molecule has 0 unspecified atom stereocenters. The first-order chi connectivity index (χ1) is 11.3. The van der Waals surface area contributed by atoms with Crippen LogP contribution in [0.15, 0.2) is 67.3 Å². The van der Waals surface area contributed by atoms with Crippen LogP contribution >= 0.6 is 0 Å². The first-order valence-corrected chi connectivity index (χ1v) is 8.54. The standard InChI is InChI=1S/C23H22/c1-17(6-7-18-8-9-22-14-15-23(22)16-18)19-10-12-21(13-11-19)20-4-2-3-5-20/h2-4,8-13,16H,1,5-7,14-15H2. The maximum atomic E-state index is 4.29. The molecule has 0 saturated heterocycles. The van der Waals surface area contributed by atoms with Gasteiger partial charge in [-0.25, -0.2) is 0 Å². The van der Waals surface area contributed by atoms with E-state index in [2.05, 4.69) is 67.3 Å². The van der Waals surface area contributed by atoms with Crippen LogP contribution in [0.25, 0.3) is 11.1 Å². The van der Waals surface area contributed by atoms with Crippen molar-refractivity contribution < 1.29 is 0 Å². The molecule has 4 rings (SSSR count). The summed E-state index contributed by atoms with van der Waals surface area (Å²) in [7, 11) is 0. The van der Waals surface area contributed by atoms with Crippen molar-refractivity contribution in [3.63, 3.8) is 0 Å². The van der Waals surface area contributed by atoms with Gasteiger partial charge in [-0.05, 0) is 71.1 Å². The zero-order valence-corrected chi connectivity index (χ0v) is 13.5. The van der Waals surface area contributed by atoms with Crippen molar-refractivity contribution in [3.05, 3.63) is 95.1 Å². The van der Waals surface area contributed by atoms with Crippen LogP contribution in [0.3, 0.4) is 0 Å². The van der Waals surface area contributed by atoms with Crippen LogP contribution in [-0.4, -0.2) is 0 Å². The molecule has 114 valence electrons. The molecule has 0 atom stereocenters. The quantitative estimate of drug-likeness (QED) is 0.657. The van der Waals surface area contributed by atoms with Gasteiger partial charge in [0.05, 0.1) is 0 Å². The molecule has 0 aromatic heterocycles. The third-order valence-corrected chi connectivity index (χ3v) is 5.09. The van der Waals surface area contributed by atoms with Gasteiger partial charge in [-0.2, -0.15) is 0 Å². The summed E-state index contributed by atoms with van der Waals surface area (Å²) in [5.41, 5.74) is 9.78. The van der Waals surface area contributed by atoms with E-state index < -0.39 is 0 Å². The smallest absolute Gasteiger partial charge is 0.00884 e. The molecule has 0 heterocycles. The zero-order chi connectivity index (χ0) is 15.6. The molecule has 0 heteroatoms. The summed E-state index contributed by atoms with van der Waals surface area (Å²) in [6.07, 6.45) is 12.2. The van der Waals surface area contributed by atoms with Gasteiger partial charge in [-0.15, -0.1) is 0 Å². The highest BCUT2D eigenvalue weighted by atomic mass is 14.2. The monoisotopic (exact) mass is 298 g/mol. The fourth-order valence-electron chi connectivity index (χ4n) is 3.42. The molecule has 0 N–H and O–H groups in total. The third-order valence-electron chi connectivity index (χ3n) is 5.09. The fraction of sp³-hybridized carbons (Fsp3) is 0.217. The molecule has 0 spiro atoms. The van der Waals surface area contributed by atoms with Crippen molar-refractivity contribution in [2.24, 2.45) is 0 Å². The Hall–Kier alpha value is -2.34. The Balaban J connectivity index is 1.39. The zero-order valence-electron chi connectivity index (χ0n) is 13.5. The molecule has 0 bridgehead atoms. The van der Waals surface area contributed by atoms with E-state index in [4.69, 9.17) is 0 Å². The van der Waals surface area contributed by atoms with Crippen LogP contribution in [0.4, 0.5) is 0 Å². The minimum Gasteiger partial charge on any atom is -0.0952 e. The summed E-state index contributed by atoms with van der Waals surface area (Å²) in [6.45, 7) is 4.29. The molecule has 0 aliphatic heterocycles. The second kappa shape index (κ2) is 6.04. The first kappa shape index (κ1) is 14.3. The van der Waals surface area contributed by atoms with Gasteiger partial charge in [-0.1, -0.05) is 67.3 Å². The van der Waals surface area contributed by atoms with Crippen LogP contribution in [0, 0.1) is 0 Å². The highest BCUT2D eigenvalue weighted by molar-refractivity contribution is 5.73. The van der Waals surface area contributed by atoms with E-state index in [1.807, 2.05) is 0 Å². The lowest BCUT2D eigenvalue weighted by Crippen LogP contribution is -2.08. The van der Waals surface area contributed by atoms with E-state index in [1.54, 1.807) is 11.1 Å². The third kappa shape index (κ3) is 2.94. The number of fused-ring (bicyclic) bond motifs is 1. The Bertz CT molecular complexity index is 800. The fourth-order valence-corrected chi connectivity index (χ4v) is 3.42. The van der Waals surface area contributed by atoms with Gasteiger partial charge >= 0.3 is 0 Å². The predicted octanol–water partition coefficient (Wildman–Crippen LogP) is 5.77. The highest BCUT2D eigenvalue weighted by Gasteiger charge is 2.12. The Morgan fingerprint density at radius 3 is 2.43 bits per heavy atom. The van der Waals surface area contributed by atoms with Crippen LogP contribution in [0.2, 0.25) is 0 Å². The van der Waals surface area contributed by atoms with Crippen molar-refractivity contribution in [1.29, 1.82) is 0 Å². The number of rotatable bonds is 5. The van der Waals surface area contributed by atoms with Crippen LogP contribution in [0.1, 0.15) is 40.7 Å². The van der Waals surface area contributed by atoms with Gasteiger partial charge in [0.25, 0.3) is 0 Å². The van der Waals surface area contributed by atoms with Crippen molar-refractivity contribution >= 4 is 11.1 Å². The predicted molar refractivity (Wildman–Crippen MR) is 99.4 cm³/mol. The van der Waals surface area contributed by atoms with Crippen molar-refractivity contribution in [1.82, 2.24) is 0 Å². The normalized spacial score (nSPS) is 15.0. The van der Waals surface area contributed by atoms with E-state index in [0.29, 0.717) is 0 Å². The van der Waals surface area contributed by atoms with Gasteiger partial charge in [-0.3, -0.25) is 0 Å². The van der Waals surface area contributed by atoms with Gasteiger partial charge < -0.3 is 0 Å². The molecular formula is C23H22. The second-order valence-electron chi connectivity index (χ2n) is 6.61. The topological polar surface area (TPSA) is 0 Å². The summed E-state index contributed by atoms with van der Waals surface area (Å²) in [5, 5.41) is 0. The molecule has 0 fully saturated rings. The molecule has 0 nitrogen and oxygen atoms in total. The minimum atomic E-state index is 1.03. The molecule has 0 saturated carbocycles. The van der Waals surface area contributed by atoms with Gasteiger partial charge in [0.15, 0.2) is 0 Å². The Kier molecular flexibility index (Phi) is 3.75. The number of allylic oxidation sites excluding steroid dienone is 5. The molecule has 23 heavy (non-hydrogen) atoms. The minimum absolute atomic E-state index is 1.03. The van der Waals surface area contributed by atoms with Crippen molar-refractivity contribution in [2.45, 2.75) is 32.1 Å². The molecule has 0 radical (unpaired) electrons. The number of hydrogen-bond donors (Lipinski definition) is 0. The lowest BCUT2D eigenvalue weighted by molar-refractivity contribution is 0.831. The van der Waals surface area contributed by atoms with Gasteiger partial charge in [0.2, 0.25) is 0 Å². The maximum Gasteiger partial charge on any atom is -0.00884 e. The van der Waals surface area contributed by atoms with Gasteiger partial charge in [0, 0.05) is 0 Å². The van der Waals surface area contributed by atoms with E-state index in [9.17, 15) is 0 Å². The van der Waals surface area contributed by atoms with Crippen LogP contribution < -0.4 is 0 Å². The average molecular weight is 298 g/mol. The number of benzene rings is 2. The van der Waals surface area contributed by atoms with Crippen molar-refractivity contribution in [3.8, 4) is 0 Å². The summed E-state index contributed by atoms with van der Waals surface area (Å²) in [5.74, 6) is 0. The molecule has 0 amide bonds. The first-order valence-electron chi connectivity index (χ1n) is 8.54. The summed E-state index contributed by atoms with van der Waals surface area (Å²) in [4.78, 5) is 0. The summed E-state index contributed by atoms with van der Waals surface area (Å²) < 4.78 is 0. The SMILES string of the molecule is C=C(CCc1ccc2c(c1)CC2)c1ccc(C2=CC=CC2)cc1.